The first-order chi connectivity index (χ1) is 8.49. The molecule has 92 valence electrons. The summed E-state index contributed by atoms with van der Waals surface area (Å²) in [6.07, 6.45) is 0. The van der Waals surface area contributed by atoms with Gasteiger partial charge in [-0.3, -0.25) is 0 Å². The molecule has 0 unspecified atom stereocenters. The van der Waals surface area contributed by atoms with Gasteiger partial charge >= 0.3 is 5.97 Å². The van der Waals surface area contributed by atoms with E-state index < -0.39 is 5.97 Å². The fourth-order valence-corrected chi connectivity index (χ4v) is 1.99. The highest BCUT2D eigenvalue weighted by atomic mass is 16.4. The van der Waals surface area contributed by atoms with Gasteiger partial charge in [-0.25, -0.2) is 4.79 Å². The van der Waals surface area contributed by atoms with E-state index in [-0.39, 0.29) is 11.3 Å². The van der Waals surface area contributed by atoms with Crippen molar-refractivity contribution in [2.45, 2.75) is 13.8 Å². The van der Waals surface area contributed by atoms with Crippen molar-refractivity contribution in [1.29, 1.82) is 0 Å². The Balaban J connectivity index is 2.58. The molecular weight excluding hydrogens is 228 g/mol. The van der Waals surface area contributed by atoms with Gasteiger partial charge in [0, 0.05) is 0 Å². The number of aromatic carboxylic acids is 1. The van der Waals surface area contributed by atoms with Gasteiger partial charge in [-0.1, -0.05) is 24.3 Å². The Bertz CT molecular complexity index is 615. The molecule has 0 bridgehead atoms. The summed E-state index contributed by atoms with van der Waals surface area (Å²) in [5, 5.41) is 20.3. The van der Waals surface area contributed by atoms with Gasteiger partial charge in [-0.2, -0.15) is 0 Å². The maximum atomic E-state index is 11.4. The maximum Gasteiger partial charge on any atom is 0.335 e. The van der Waals surface area contributed by atoms with E-state index in [4.69, 9.17) is 5.11 Å². The van der Waals surface area contributed by atoms with Crippen LogP contribution in [0.3, 0.4) is 0 Å². The lowest BCUT2D eigenvalue weighted by Gasteiger charge is -2.14. The van der Waals surface area contributed by atoms with E-state index in [0.29, 0.717) is 0 Å². The third-order valence-corrected chi connectivity index (χ3v) is 2.97. The number of aryl methyl sites for hydroxylation is 2. The van der Waals surface area contributed by atoms with Gasteiger partial charge in [0.2, 0.25) is 0 Å². The van der Waals surface area contributed by atoms with Gasteiger partial charge in [0.1, 0.15) is 0 Å². The normalized spacial score (nSPS) is 10.3. The van der Waals surface area contributed by atoms with Crippen LogP contribution in [-0.4, -0.2) is 11.1 Å². The molecule has 0 heterocycles. The number of benzene rings is 2. The molecule has 2 aromatic carbocycles. The molecule has 0 aliphatic rings. The summed E-state index contributed by atoms with van der Waals surface area (Å²) in [4.78, 5) is 10.9. The van der Waals surface area contributed by atoms with Gasteiger partial charge in [-0.05, 0) is 48.2 Å². The van der Waals surface area contributed by atoms with E-state index in [0.717, 1.165) is 22.3 Å². The minimum absolute atomic E-state index is 0.0442. The Morgan fingerprint density at radius 1 is 1.00 bits per heavy atom. The number of hydrogen-bond acceptors (Lipinski definition) is 2. The minimum atomic E-state index is -0.945. The molecule has 0 saturated heterocycles. The molecule has 0 radical (unpaired) electrons. The van der Waals surface area contributed by atoms with Crippen LogP contribution in [-0.2, 0) is 0 Å². The molecular formula is C15H13O3-. The predicted octanol–water partition coefficient (Wildman–Crippen LogP) is 2.74. The third-order valence-electron chi connectivity index (χ3n) is 2.97. The van der Waals surface area contributed by atoms with Crippen molar-refractivity contribution >= 4 is 5.97 Å². The first-order valence-corrected chi connectivity index (χ1v) is 5.61. The Labute approximate surface area is 105 Å². The standard InChI is InChI=1S/C15H14O3/c1-9-3-5-12(16)8-14(9)13-6-4-11(15(17)18)7-10(13)2/h3-8,16H,1-2H3,(H,17,18)/p-1. The van der Waals surface area contributed by atoms with Gasteiger partial charge < -0.3 is 10.2 Å². The lowest BCUT2D eigenvalue weighted by atomic mass is 9.95. The van der Waals surface area contributed by atoms with Crippen LogP contribution >= 0.6 is 0 Å². The average Bonchev–Trinajstić information content (AvgIpc) is 2.32. The van der Waals surface area contributed by atoms with E-state index in [1.807, 2.05) is 13.8 Å². The number of carbonyl (C=O) groups is 1. The average molecular weight is 241 g/mol. The van der Waals surface area contributed by atoms with Gasteiger partial charge in [0.05, 0.1) is 5.56 Å². The Morgan fingerprint density at radius 2 is 1.72 bits per heavy atom. The van der Waals surface area contributed by atoms with Crippen molar-refractivity contribution in [3.63, 3.8) is 0 Å². The molecule has 1 N–H and O–H groups in total. The van der Waals surface area contributed by atoms with Crippen LogP contribution < -0.4 is 5.11 Å². The molecule has 0 spiro atoms. The molecule has 0 aliphatic carbocycles. The summed E-state index contributed by atoms with van der Waals surface area (Å²) in [5.41, 5.74) is 3.86. The second-order valence-corrected chi connectivity index (χ2v) is 4.31. The second-order valence-electron chi connectivity index (χ2n) is 4.31. The Hall–Kier alpha value is -2.29. The Morgan fingerprint density at radius 3 is 2.33 bits per heavy atom. The van der Waals surface area contributed by atoms with E-state index >= 15 is 0 Å². The summed E-state index contributed by atoms with van der Waals surface area (Å²) in [5.74, 6) is -0.990. The number of carboxylic acid groups (broad SMARTS) is 1. The van der Waals surface area contributed by atoms with Crippen LogP contribution in [0.15, 0.2) is 36.4 Å². The smallest absolute Gasteiger partial charge is 0.335 e. The lowest BCUT2D eigenvalue weighted by molar-refractivity contribution is -0.268. The highest BCUT2D eigenvalue weighted by Gasteiger charge is 2.08. The third kappa shape index (κ3) is 2.20. The minimum Gasteiger partial charge on any atom is -0.872 e. The maximum absolute atomic E-state index is 11.4. The molecule has 2 aromatic rings. The molecule has 0 fully saturated rings. The van der Waals surface area contributed by atoms with Crippen molar-refractivity contribution in [1.82, 2.24) is 0 Å². The van der Waals surface area contributed by atoms with Crippen LogP contribution in [0.5, 0.6) is 5.75 Å². The molecule has 3 nitrogen and oxygen atoms in total. The van der Waals surface area contributed by atoms with Crippen LogP contribution in [0.2, 0.25) is 0 Å². The SMILES string of the molecule is Cc1cc(C(=O)O)ccc1-c1cc([O-])ccc1C. The summed E-state index contributed by atoms with van der Waals surface area (Å²) in [6.45, 7) is 3.78. The summed E-state index contributed by atoms with van der Waals surface area (Å²) >= 11 is 0. The molecule has 2 rings (SSSR count). The summed E-state index contributed by atoms with van der Waals surface area (Å²) in [6, 6.07) is 9.82. The van der Waals surface area contributed by atoms with Crippen molar-refractivity contribution in [3.05, 3.63) is 53.1 Å². The van der Waals surface area contributed by atoms with E-state index in [9.17, 15) is 9.90 Å². The molecule has 0 aromatic heterocycles. The molecule has 18 heavy (non-hydrogen) atoms. The molecule has 0 aliphatic heterocycles. The summed E-state index contributed by atoms with van der Waals surface area (Å²) in [7, 11) is 0. The van der Waals surface area contributed by atoms with Crippen LogP contribution in [0.25, 0.3) is 11.1 Å². The number of hydrogen-bond donors (Lipinski definition) is 1. The van der Waals surface area contributed by atoms with Gasteiger partial charge in [0.15, 0.2) is 0 Å². The number of rotatable bonds is 2. The zero-order valence-corrected chi connectivity index (χ0v) is 10.2. The van der Waals surface area contributed by atoms with Crippen molar-refractivity contribution < 1.29 is 15.0 Å². The van der Waals surface area contributed by atoms with E-state index in [1.54, 1.807) is 30.3 Å². The molecule has 0 atom stereocenters. The lowest BCUT2D eigenvalue weighted by Crippen LogP contribution is -1.98. The molecule has 0 amide bonds. The predicted molar refractivity (Wildman–Crippen MR) is 67.8 cm³/mol. The quantitative estimate of drug-likeness (QED) is 0.879. The van der Waals surface area contributed by atoms with Crippen LogP contribution in [0.4, 0.5) is 0 Å². The fourth-order valence-electron chi connectivity index (χ4n) is 1.99. The first kappa shape index (κ1) is 12.2. The first-order valence-electron chi connectivity index (χ1n) is 5.61. The fraction of sp³-hybridized carbons (Fsp3) is 0.133. The van der Waals surface area contributed by atoms with Gasteiger partial charge in [0.25, 0.3) is 0 Å². The highest BCUT2D eigenvalue weighted by Crippen LogP contribution is 2.29. The van der Waals surface area contributed by atoms with Crippen LogP contribution in [0, 0.1) is 13.8 Å². The largest absolute Gasteiger partial charge is 0.872 e. The highest BCUT2D eigenvalue weighted by molar-refractivity contribution is 5.89. The molecule has 0 saturated carbocycles. The van der Waals surface area contributed by atoms with Gasteiger partial charge in [-0.15, -0.1) is 5.75 Å². The Kier molecular flexibility index (Phi) is 3.06. The van der Waals surface area contributed by atoms with Crippen molar-refractivity contribution in [3.8, 4) is 16.9 Å². The molecule has 3 heteroatoms. The zero-order valence-electron chi connectivity index (χ0n) is 10.2. The monoisotopic (exact) mass is 241 g/mol. The van der Waals surface area contributed by atoms with Crippen LogP contribution in [0.1, 0.15) is 21.5 Å². The van der Waals surface area contributed by atoms with E-state index in [1.165, 1.54) is 6.07 Å². The topological polar surface area (TPSA) is 60.4 Å². The number of carboxylic acids is 1. The van der Waals surface area contributed by atoms with Crippen molar-refractivity contribution in [2.75, 3.05) is 0 Å². The van der Waals surface area contributed by atoms with E-state index in [2.05, 4.69) is 0 Å². The summed E-state index contributed by atoms with van der Waals surface area (Å²) < 4.78 is 0. The second kappa shape index (κ2) is 4.53. The zero-order chi connectivity index (χ0) is 13.3. The van der Waals surface area contributed by atoms with Crippen molar-refractivity contribution in [2.24, 2.45) is 0 Å².